The third-order valence-electron chi connectivity index (χ3n) is 1.35. The van der Waals surface area contributed by atoms with E-state index < -0.39 is 11.9 Å². The summed E-state index contributed by atoms with van der Waals surface area (Å²) in [5, 5.41) is 8.35. The van der Waals surface area contributed by atoms with E-state index in [1.54, 1.807) is 12.2 Å². The molecule has 0 saturated heterocycles. The molecule has 0 amide bonds. The molecule has 0 fully saturated rings. The van der Waals surface area contributed by atoms with Crippen molar-refractivity contribution in [3.63, 3.8) is 0 Å². The zero-order valence-electron chi connectivity index (χ0n) is 7.03. The number of carboxylic acid groups (broad SMARTS) is 1. The molecule has 0 aromatic heterocycles. The van der Waals surface area contributed by atoms with Gasteiger partial charge in [-0.25, -0.2) is 4.79 Å². The summed E-state index contributed by atoms with van der Waals surface area (Å²) in [4.78, 5) is 10.2. The van der Waals surface area contributed by atoms with Crippen molar-refractivity contribution in [1.82, 2.24) is 0 Å². The van der Waals surface area contributed by atoms with Crippen molar-refractivity contribution >= 4 is 5.97 Å². The van der Waals surface area contributed by atoms with Crippen LogP contribution in [-0.4, -0.2) is 11.1 Å². The fraction of sp³-hybridized carbons (Fsp3) is 0.222. The van der Waals surface area contributed by atoms with E-state index in [1.807, 2.05) is 12.2 Å². The van der Waals surface area contributed by atoms with Gasteiger partial charge in [0.05, 0.1) is 0 Å². The van der Waals surface area contributed by atoms with Gasteiger partial charge in [-0.3, -0.25) is 0 Å². The van der Waals surface area contributed by atoms with Crippen LogP contribution >= 0.6 is 0 Å². The zero-order valence-corrected chi connectivity index (χ0v) is 6.03. The Bertz CT molecular complexity index is 266. The van der Waals surface area contributed by atoms with Gasteiger partial charge >= 0.3 is 5.97 Å². The minimum atomic E-state index is -1.01. The Balaban J connectivity index is 2.67. The van der Waals surface area contributed by atoms with Gasteiger partial charge in [-0.1, -0.05) is 30.4 Å². The van der Waals surface area contributed by atoms with E-state index in [-0.39, 0.29) is 0 Å². The maximum Gasteiger partial charge on any atom is 0.327 e. The van der Waals surface area contributed by atoms with Crippen LogP contribution in [0.15, 0.2) is 36.5 Å². The lowest BCUT2D eigenvalue weighted by Crippen LogP contribution is -1.94. The monoisotopic (exact) mass is 151 g/mol. The topological polar surface area (TPSA) is 37.3 Å². The summed E-state index contributed by atoms with van der Waals surface area (Å²) < 4.78 is 7.73. The van der Waals surface area contributed by atoms with Crippen molar-refractivity contribution in [2.75, 3.05) is 0 Å². The van der Waals surface area contributed by atoms with E-state index >= 15 is 0 Å². The van der Waals surface area contributed by atoms with Crippen molar-refractivity contribution in [1.29, 1.82) is 0 Å². The second kappa shape index (κ2) is 3.76. The van der Waals surface area contributed by atoms with Gasteiger partial charge in [0, 0.05) is 7.45 Å². The Morgan fingerprint density at radius 1 is 1.73 bits per heavy atom. The second-order valence-corrected chi connectivity index (χ2v) is 2.24. The van der Waals surface area contributed by atoms with Crippen LogP contribution in [0.1, 0.15) is 7.79 Å². The molecule has 1 N–H and O–H groups in total. The predicted molar refractivity (Wildman–Crippen MR) is 43.2 cm³/mol. The number of rotatable bonds is 2. The molecule has 1 aliphatic carbocycles. The van der Waals surface area contributed by atoms with E-state index in [2.05, 4.69) is 0 Å². The first-order valence-electron chi connectivity index (χ1n) is 3.89. The highest BCUT2D eigenvalue weighted by molar-refractivity contribution is 5.79. The lowest BCUT2D eigenvalue weighted by atomic mass is 10.0. The molecule has 1 aliphatic rings. The smallest absolute Gasteiger partial charge is 0.327 e. The predicted octanol–water partition coefficient (Wildman–Crippen LogP) is 1.76. The third-order valence-corrected chi connectivity index (χ3v) is 1.35. The fourth-order valence-electron chi connectivity index (χ4n) is 0.832. The normalized spacial score (nSPS) is 30.7. The SMILES string of the molecule is [2H]C1(C=CC(=O)O)C=CC=CC1. The standard InChI is InChI=1S/C9H10O2/c10-9(11)7-6-8-4-2-1-3-5-8/h1-4,6-8H,5H2,(H,10,11)/i8D. The number of allylic oxidation sites excluding steroid dienone is 5. The summed E-state index contributed by atoms with van der Waals surface area (Å²) in [6.45, 7) is 0. The van der Waals surface area contributed by atoms with Gasteiger partial charge in [0.1, 0.15) is 0 Å². The largest absolute Gasteiger partial charge is 0.478 e. The number of hydrogen-bond acceptors (Lipinski definition) is 1. The van der Waals surface area contributed by atoms with Gasteiger partial charge in [-0.2, -0.15) is 0 Å². The molecule has 0 heterocycles. The van der Waals surface area contributed by atoms with Crippen molar-refractivity contribution in [3.8, 4) is 0 Å². The maximum absolute atomic E-state index is 10.2. The van der Waals surface area contributed by atoms with Gasteiger partial charge in [-0.05, 0) is 12.3 Å². The molecule has 0 radical (unpaired) electrons. The number of aliphatic carboxylic acids is 1. The van der Waals surface area contributed by atoms with E-state index in [9.17, 15) is 4.79 Å². The Labute approximate surface area is 66.9 Å². The molecule has 11 heavy (non-hydrogen) atoms. The van der Waals surface area contributed by atoms with E-state index in [0.717, 1.165) is 6.08 Å². The molecule has 2 nitrogen and oxygen atoms in total. The minimum Gasteiger partial charge on any atom is -0.478 e. The van der Waals surface area contributed by atoms with Crippen LogP contribution < -0.4 is 0 Å². The first-order chi connectivity index (χ1) is 5.62. The Hall–Kier alpha value is -1.31. The van der Waals surface area contributed by atoms with Gasteiger partial charge in [-0.15, -0.1) is 0 Å². The second-order valence-electron chi connectivity index (χ2n) is 2.24. The number of carboxylic acids is 1. The number of hydrogen-bond donors (Lipinski definition) is 1. The summed E-state index contributed by atoms with van der Waals surface area (Å²) in [6, 6.07) is 0. The molecule has 0 spiro atoms. The number of carbonyl (C=O) groups is 1. The van der Waals surface area contributed by atoms with Crippen molar-refractivity contribution in [2.24, 2.45) is 5.89 Å². The van der Waals surface area contributed by atoms with Crippen LogP contribution in [0.3, 0.4) is 0 Å². The zero-order chi connectivity index (χ0) is 9.03. The highest BCUT2D eigenvalue weighted by atomic mass is 16.4. The van der Waals surface area contributed by atoms with Crippen molar-refractivity contribution < 1.29 is 11.3 Å². The summed E-state index contributed by atoms with van der Waals surface area (Å²) in [5.74, 6) is -1.88. The van der Waals surface area contributed by atoms with E-state index in [1.165, 1.54) is 6.08 Å². The van der Waals surface area contributed by atoms with Crippen LogP contribution in [0.25, 0.3) is 0 Å². The summed E-state index contributed by atoms with van der Waals surface area (Å²) >= 11 is 0. The Kier molecular flexibility index (Phi) is 2.19. The maximum atomic E-state index is 10.2. The molecule has 1 atom stereocenters. The van der Waals surface area contributed by atoms with Gasteiger partial charge in [0.25, 0.3) is 0 Å². The Morgan fingerprint density at radius 3 is 3.09 bits per heavy atom. The molecule has 0 aromatic rings. The summed E-state index contributed by atoms with van der Waals surface area (Å²) in [6.07, 6.45) is 10.1. The summed E-state index contributed by atoms with van der Waals surface area (Å²) in [5.41, 5.74) is 0. The average Bonchev–Trinajstić information content (AvgIpc) is 2.03. The fourth-order valence-corrected chi connectivity index (χ4v) is 0.832. The lowest BCUT2D eigenvalue weighted by molar-refractivity contribution is -0.131. The molecule has 0 saturated carbocycles. The van der Waals surface area contributed by atoms with Gasteiger partial charge in [0.15, 0.2) is 0 Å². The highest BCUT2D eigenvalue weighted by Crippen LogP contribution is 2.12. The highest BCUT2D eigenvalue weighted by Gasteiger charge is 1.99. The first kappa shape index (κ1) is 6.40. The molecule has 1 rings (SSSR count). The average molecular weight is 151 g/mol. The van der Waals surface area contributed by atoms with E-state index in [0.29, 0.717) is 6.42 Å². The van der Waals surface area contributed by atoms with Crippen LogP contribution in [0, 0.1) is 5.89 Å². The molecule has 0 bridgehead atoms. The molecule has 2 heteroatoms. The quantitative estimate of drug-likeness (QED) is 0.610. The van der Waals surface area contributed by atoms with Gasteiger partial charge < -0.3 is 5.11 Å². The summed E-state index contributed by atoms with van der Waals surface area (Å²) in [7, 11) is 0. The van der Waals surface area contributed by atoms with Crippen LogP contribution in [0.2, 0.25) is 0 Å². The van der Waals surface area contributed by atoms with Crippen LogP contribution in [0.5, 0.6) is 0 Å². The van der Waals surface area contributed by atoms with Crippen LogP contribution in [-0.2, 0) is 4.79 Å². The molecular formula is C9H10O2. The van der Waals surface area contributed by atoms with Crippen molar-refractivity contribution in [2.45, 2.75) is 6.42 Å². The minimum absolute atomic E-state index is 0.535. The first-order valence-corrected chi connectivity index (χ1v) is 3.39. The molecule has 58 valence electrons. The molecular weight excluding hydrogens is 140 g/mol. The Morgan fingerprint density at radius 2 is 2.55 bits per heavy atom. The van der Waals surface area contributed by atoms with Crippen molar-refractivity contribution in [3.05, 3.63) is 36.5 Å². The van der Waals surface area contributed by atoms with Crippen LogP contribution in [0.4, 0.5) is 0 Å². The van der Waals surface area contributed by atoms with Gasteiger partial charge in [0.2, 0.25) is 0 Å². The lowest BCUT2D eigenvalue weighted by Gasteiger charge is -2.05. The molecule has 1 unspecified atom stereocenters. The molecule has 0 aromatic carbocycles. The van der Waals surface area contributed by atoms with E-state index in [4.69, 9.17) is 6.48 Å². The third kappa shape index (κ3) is 2.85. The molecule has 0 aliphatic heterocycles.